The van der Waals surface area contributed by atoms with Crippen molar-refractivity contribution in [3.63, 3.8) is 0 Å². The van der Waals surface area contributed by atoms with Gasteiger partial charge in [-0.1, -0.05) is 0 Å². The molecule has 0 bridgehead atoms. The molecule has 1 saturated heterocycles. The first-order chi connectivity index (χ1) is 9.70. The first kappa shape index (κ1) is 13.6. The lowest BCUT2D eigenvalue weighted by Gasteiger charge is -2.28. The van der Waals surface area contributed by atoms with Crippen molar-refractivity contribution in [2.75, 3.05) is 26.3 Å². The van der Waals surface area contributed by atoms with Gasteiger partial charge in [0, 0.05) is 37.4 Å². The maximum atomic E-state index is 11.8. The number of aromatic nitrogens is 1. The van der Waals surface area contributed by atoms with Crippen molar-refractivity contribution < 1.29 is 14.9 Å². The summed E-state index contributed by atoms with van der Waals surface area (Å²) in [4.78, 5) is 14.0. The van der Waals surface area contributed by atoms with Gasteiger partial charge in [-0.15, -0.1) is 0 Å². The van der Waals surface area contributed by atoms with Gasteiger partial charge in [-0.05, 0) is 12.8 Å². The quantitative estimate of drug-likeness (QED) is 0.825. The van der Waals surface area contributed by atoms with E-state index in [4.69, 9.17) is 4.74 Å². The van der Waals surface area contributed by atoms with E-state index in [0.717, 1.165) is 25.9 Å². The summed E-state index contributed by atoms with van der Waals surface area (Å²) in [5.74, 6) is -0.180. The zero-order chi connectivity index (χ0) is 14.1. The molecule has 20 heavy (non-hydrogen) atoms. The van der Waals surface area contributed by atoms with Gasteiger partial charge in [0.15, 0.2) is 5.75 Å². The molecule has 3 rings (SSSR count). The fraction of sp³-hybridized carbons (Fsp3) is 0.643. The number of hydrogen-bond donors (Lipinski definition) is 2. The molecule has 1 aliphatic heterocycles. The zero-order valence-electron chi connectivity index (χ0n) is 11.4. The summed E-state index contributed by atoms with van der Waals surface area (Å²) in [7, 11) is 0. The molecule has 110 valence electrons. The summed E-state index contributed by atoms with van der Waals surface area (Å²) in [6.45, 7) is 3.28. The standard InChI is InChI=1S/C14H20N2O4/c17-9-11-7-13(18)14(19)12(16(11)10-1-2-10)8-15-3-5-20-6-4-15/h7,10,17,19H,1-6,8-9H2. The van der Waals surface area contributed by atoms with Crippen molar-refractivity contribution >= 4 is 0 Å². The summed E-state index contributed by atoms with van der Waals surface area (Å²) in [6, 6.07) is 1.65. The van der Waals surface area contributed by atoms with Crippen LogP contribution < -0.4 is 5.43 Å². The number of aromatic hydroxyl groups is 1. The fourth-order valence-corrected chi connectivity index (χ4v) is 2.75. The molecular weight excluding hydrogens is 260 g/mol. The Labute approximate surface area is 117 Å². The van der Waals surface area contributed by atoms with Gasteiger partial charge in [0.05, 0.1) is 25.5 Å². The smallest absolute Gasteiger partial charge is 0.223 e. The summed E-state index contributed by atoms with van der Waals surface area (Å²) >= 11 is 0. The van der Waals surface area contributed by atoms with Crippen LogP contribution >= 0.6 is 0 Å². The Kier molecular flexibility index (Phi) is 3.78. The monoisotopic (exact) mass is 280 g/mol. The molecule has 0 aromatic carbocycles. The molecule has 6 heteroatoms. The molecule has 0 spiro atoms. The Morgan fingerprint density at radius 1 is 1.30 bits per heavy atom. The normalized spacial score (nSPS) is 20.2. The minimum Gasteiger partial charge on any atom is -0.503 e. The average molecular weight is 280 g/mol. The summed E-state index contributed by atoms with van der Waals surface area (Å²) in [6.07, 6.45) is 2.07. The van der Waals surface area contributed by atoms with E-state index in [1.54, 1.807) is 0 Å². The Balaban J connectivity index is 1.97. The van der Waals surface area contributed by atoms with Gasteiger partial charge in [0.25, 0.3) is 0 Å². The summed E-state index contributed by atoms with van der Waals surface area (Å²) in [5, 5.41) is 19.6. The Hall–Kier alpha value is -1.37. The average Bonchev–Trinajstić information content (AvgIpc) is 3.29. The van der Waals surface area contributed by atoms with Gasteiger partial charge in [0.2, 0.25) is 5.43 Å². The molecule has 2 aliphatic rings. The topological polar surface area (TPSA) is 74.9 Å². The Morgan fingerprint density at radius 3 is 2.60 bits per heavy atom. The maximum Gasteiger partial charge on any atom is 0.223 e. The molecule has 1 aromatic rings. The second-order valence-corrected chi connectivity index (χ2v) is 5.44. The van der Waals surface area contributed by atoms with Crippen molar-refractivity contribution in [2.45, 2.75) is 32.0 Å². The van der Waals surface area contributed by atoms with E-state index < -0.39 is 5.43 Å². The third-order valence-electron chi connectivity index (χ3n) is 3.96. The molecule has 2 heterocycles. The van der Waals surface area contributed by atoms with E-state index in [1.165, 1.54) is 6.07 Å². The predicted octanol–water partition coefficient (Wildman–Crippen LogP) is 0.213. The molecule has 0 amide bonds. The minimum absolute atomic E-state index is 0.178. The highest BCUT2D eigenvalue weighted by Crippen LogP contribution is 2.38. The first-order valence-electron chi connectivity index (χ1n) is 7.08. The molecular formula is C14H20N2O4. The summed E-state index contributed by atoms with van der Waals surface area (Å²) < 4.78 is 7.26. The highest BCUT2D eigenvalue weighted by atomic mass is 16.5. The van der Waals surface area contributed by atoms with E-state index in [2.05, 4.69) is 4.90 Å². The van der Waals surface area contributed by atoms with E-state index in [0.29, 0.717) is 37.2 Å². The van der Waals surface area contributed by atoms with Crippen LogP contribution in [0.3, 0.4) is 0 Å². The first-order valence-corrected chi connectivity index (χ1v) is 7.08. The highest BCUT2D eigenvalue weighted by molar-refractivity contribution is 5.31. The number of hydrogen-bond acceptors (Lipinski definition) is 5. The van der Waals surface area contributed by atoms with Crippen LogP contribution in [-0.2, 0) is 17.9 Å². The van der Waals surface area contributed by atoms with E-state index in [9.17, 15) is 15.0 Å². The second kappa shape index (κ2) is 5.55. The highest BCUT2D eigenvalue weighted by Gasteiger charge is 2.30. The van der Waals surface area contributed by atoms with Crippen LogP contribution in [0.5, 0.6) is 5.75 Å². The largest absolute Gasteiger partial charge is 0.503 e. The van der Waals surface area contributed by atoms with Crippen molar-refractivity contribution in [1.82, 2.24) is 9.47 Å². The van der Waals surface area contributed by atoms with Crippen molar-refractivity contribution in [3.8, 4) is 5.75 Å². The lowest BCUT2D eigenvalue weighted by Crippen LogP contribution is -2.37. The Morgan fingerprint density at radius 2 is 2.00 bits per heavy atom. The van der Waals surface area contributed by atoms with Crippen LogP contribution in [0.4, 0.5) is 0 Å². The molecule has 2 fully saturated rings. The third-order valence-corrected chi connectivity index (χ3v) is 3.96. The van der Waals surface area contributed by atoms with Gasteiger partial charge in [0.1, 0.15) is 0 Å². The number of rotatable bonds is 4. The van der Waals surface area contributed by atoms with Crippen molar-refractivity contribution in [2.24, 2.45) is 0 Å². The number of ether oxygens (including phenoxy) is 1. The minimum atomic E-state index is -0.408. The Bertz CT molecular complexity index is 545. The second-order valence-electron chi connectivity index (χ2n) is 5.44. The van der Waals surface area contributed by atoms with Gasteiger partial charge in [-0.2, -0.15) is 0 Å². The van der Waals surface area contributed by atoms with Gasteiger partial charge < -0.3 is 19.5 Å². The zero-order valence-corrected chi connectivity index (χ0v) is 11.4. The molecule has 0 unspecified atom stereocenters. The fourth-order valence-electron chi connectivity index (χ4n) is 2.75. The summed E-state index contributed by atoms with van der Waals surface area (Å²) in [5.41, 5.74) is 0.818. The van der Waals surface area contributed by atoms with Gasteiger partial charge in [-0.3, -0.25) is 9.69 Å². The number of pyridine rings is 1. The molecule has 0 radical (unpaired) electrons. The van der Waals surface area contributed by atoms with Crippen LogP contribution in [0, 0.1) is 0 Å². The third kappa shape index (κ3) is 2.59. The van der Waals surface area contributed by atoms with E-state index in [1.807, 2.05) is 4.57 Å². The maximum absolute atomic E-state index is 11.8. The molecule has 1 saturated carbocycles. The predicted molar refractivity (Wildman–Crippen MR) is 72.7 cm³/mol. The van der Waals surface area contributed by atoms with Crippen LogP contribution in [0.1, 0.15) is 30.3 Å². The van der Waals surface area contributed by atoms with E-state index >= 15 is 0 Å². The number of aliphatic hydroxyl groups excluding tert-OH is 1. The molecule has 1 aliphatic carbocycles. The van der Waals surface area contributed by atoms with Crippen LogP contribution in [0.25, 0.3) is 0 Å². The number of nitrogens with zero attached hydrogens (tertiary/aromatic N) is 2. The lowest BCUT2D eigenvalue weighted by molar-refractivity contribution is 0.0325. The molecule has 1 aromatic heterocycles. The van der Waals surface area contributed by atoms with E-state index in [-0.39, 0.29) is 12.4 Å². The SMILES string of the molecule is O=c1cc(CO)n(C2CC2)c(CN2CCOCC2)c1O. The van der Waals surface area contributed by atoms with Crippen LogP contribution in [-0.4, -0.2) is 46.0 Å². The van der Waals surface area contributed by atoms with Crippen molar-refractivity contribution in [3.05, 3.63) is 27.7 Å². The molecule has 2 N–H and O–H groups in total. The molecule has 6 nitrogen and oxygen atoms in total. The number of aliphatic hydroxyl groups is 1. The van der Waals surface area contributed by atoms with Crippen molar-refractivity contribution in [1.29, 1.82) is 0 Å². The van der Waals surface area contributed by atoms with Gasteiger partial charge in [-0.25, -0.2) is 0 Å². The van der Waals surface area contributed by atoms with Crippen LogP contribution in [0.15, 0.2) is 10.9 Å². The number of morpholine rings is 1. The lowest BCUT2D eigenvalue weighted by atomic mass is 10.2. The van der Waals surface area contributed by atoms with Crippen LogP contribution in [0.2, 0.25) is 0 Å². The molecule has 0 atom stereocenters. The van der Waals surface area contributed by atoms with Gasteiger partial charge >= 0.3 is 0 Å².